The van der Waals surface area contributed by atoms with Gasteiger partial charge in [0.2, 0.25) is 0 Å². The van der Waals surface area contributed by atoms with Crippen LogP contribution in [0.2, 0.25) is 0 Å². The van der Waals surface area contributed by atoms with Crippen molar-refractivity contribution in [2.24, 2.45) is 0 Å². The summed E-state index contributed by atoms with van der Waals surface area (Å²) in [7, 11) is 0.830. The molecule has 100 valence electrons. The van der Waals surface area contributed by atoms with Crippen molar-refractivity contribution >= 4 is 10.8 Å². The van der Waals surface area contributed by atoms with E-state index in [4.69, 9.17) is 4.74 Å². The summed E-state index contributed by atoms with van der Waals surface area (Å²) in [4.78, 5) is 0. The summed E-state index contributed by atoms with van der Waals surface area (Å²) in [6.45, 7) is 2.07. The lowest BCUT2D eigenvalue weighted by Crippen LogP contribution is -1.95. The predicted molar refractivity (Wildman–Crippen MR) is 80.9 cm³/mol. The van der Waals surface area contributed by atoms with E-state index in [2.05, 4.69) is 31.2 Å². The average molecular weight is 274 g/mol. The van der Waals surface area contributed by atoms with Gasteiger partial charge < -0.3 is 4.74 Å². The SMILES string of the molecule is COc1cc(CS(C)=O)ccc1-c1ccc(C)cc1. The molecule has 0 aromatic heterocycles. The lowest BCUT2D eigenvalue weighted by Gasteiger charge is -2.11. The molecule has 2 aromatic rings. The summed E-state index contributed by atoms with van der Waals surface area (Å²) in [5.74, 6) is 1.39. The zero-order valence-electron chi connectivity index (χ0n) is 11.5. The van der Waals surface area contributed by atoms with E-state index in [0.29, 0.717) is 5.75 Å². The summed E-state index contributed by atoms with van der Waals surface area (Å²) in [5.41, 5.74) is 4.47. The normalized spacial score (nSPS) is 12.2. The van der Waals surface area contributed by atoms with Gasteiger partial charge in [0.15, 0.2) is 0 Å². The molecule has 0 bridgehead atoms. The Hall–Kier alpha value is -1.61. The average Bonchev–Trinajstić information content (AvgIpc) is 2.39. The van der Waals surface area contributed by atoms with Crippen LogP contribution in [0.5, 0.6) is 5.75 Å². The van der Waals surface area contributed by atoms with Crippen LogP contribution in [0.4, 0.5) is 0 Å². The molecular formula is C16H18O2S. The molecule has 1 atom stereocenters. The van der Waals surface area contributed by atoms with Crippen molar-refractivity contribution in [3.8, 4) is 16.9 Å². The third-order valence-electron chi connectivity index (χ3n) is 3.00. The van der Waals surface area contributed by atoms with Gasteiger partial charge in [0.1, 0.15) is 5.75 Å². The monoisotopic (exact) mass is 274 g/mol. The van der Waals surface area contributed by atoms with Gasteiger partial charge in [-0.15, -0.1) is 0 Å². The molecule has 0 radical (unpaired) electrons. The van der Waals surface area contributed by atoms with E-state index in [1.54, 1.807) is 13.4 Å². The van der Waals surface area contributed by atoms with Crippen LogP contribution in [-0.2, 0) is 16.6 Å². The second kappa shape index (κ2) is 6.02. The highest BCUT2D eigenvalue weighted by Gasteiger charge is 2.07. The number of ether oxygens (including phenoxy) is 1. The number of hydrogen-bond acceptors (Lipinski definition) is 2. The van der Waals surface area contributed by atoms with Crippen molar-refractivity contribution in [1.29, 1.82) is 0 Å². The van der Waals surface area contributed by atoms with Crippen molar-refractivity contribution in [2.75, 3.05) is 13.4 Å². The maximum atomic E-state index is 11.3. The van der Waals surface area contributed by atoms with Crippen molar-refractivity contribution in [3.63, 3.8) is 0 Å². The molecule has 0 amide bonds. The van der Waals surface area contributed by atoms with Gasteiger partial charge in [-0.2, -0.15) is 0 Å². The second-order valence-corrected chi connectivity index (χ2v) is 6.05. The number of benzene rings is 2. The smallest absolute Gasteiger partial charge is 0.126 e. The van der Waals surface area contributed by atoms with E-state index in [1.165, 1.54) is 5.56 Å². The van der Waals surface area contributed by atoms with E-state index in [1.807, 2.05) is 18.2 Å². The predicted octanol–water partition coefficient (Wildman–Crippen LogP) is 3.55. The molecule has 2 nitrogen and oxygen atoms in total. The number of hydrogen-bond donors (Lipinski definition) is 0. The lowest BCUT2D eigenvalue weighted by molar-refractivity contribution is 0.416. The molecule has 0 heterocycles. The second-order valence-electron chi connectivity index (χ2n) is 4.62. The van der Waals surface area contributed by atoms with E-state index in [-0.39, 0.29) is 0 Å². The fraction of sp³-hybridized carbons (Fsp3) is 0.250. The summed E-state index contributed by atoms with van der Waals surface area (Å²) in [6, 6.07) is 14.4. The first kappa shape index (κ1) is 13.8. The molecule has 0 aliphatic carbocycles. The van der Waals surface area contributed by atoms with Crippen LogP contribution in [0.15, 0.2) is 42.5 Å². The third kappa shape index (κ3) is 3.44. The van der Waals surface area contributed by atoms with Gasteiger partial charge in [-0.1, -0.05) is 42.0 Å². The maximum Gasteiger partial charge on any atom is 0.126 e. The van der Waals surface area contributed by atoms with Gasteiger partial charge in [0, 0.05) is 28.4 Å². The van der Waals surface area contributed by atoms with Gasteiger partial charge >= 0.3 is 0 Å². The Bertz CT molecular complexity index is 588. The van der Waals surface area contributed by atoms with E-state index in [0.717, 1.165) is 22.4 Å². The minimum atomic E-state index is -0.837. The molecule has 0 N–H and O–H groups in total. The molecule has 1 unspecified atom stereocenters. The first-order valence-electron chi connectivity index (χ1n) is 6.14. The molecule has 0 aliphatic heterocycles. The maximum absolute atomic E-state index is 11.3. The Morgan fingerprint density at radius 1 is 1.11 bits per heavy atom. The molecule has 0 aliphatic rings. The van der Waals surface area contributed by atoms with Crippen LogP contribution in [-0.4, -0.2) is 17.6 Å². The van der Waals surface area contributed by atoms with Gasteiger partial charge in [-0.05, 0) is 24.1 Å². The Balaban J connectivity index is 2.40. The Morgan fingerprint density at radius 3 is 2.37 bits per heavy atom. The fourth-order valence-electron chi connectivity index (χ4n) is 2.03. The van der Waals surface area contributed by atoms with Gasteiger partial charge in [-0.25, -0.2) is 0 Å². The van der Waals surface area contributed by atoms with Crippen molar-refractivity contribution in [1.82, 2.24) is 0 Å². The van der Waals surface area contributed by atoms with E-state index in [9.17, 15) is 4.21 Å². The van der Waals surface area contributed by atoms with Crippen LogP contribution in [0.1, 0.15) is 11.1 Å². The lowest BCUT2D eigenvalue weighted by atomic mass is 10.0. The summed E-state index contributed by atoms with van der Waals surface area (Å²) in [5, 5.41) is 0. The molecule has 2 rings (SSSR count). The summed E-state index contributed by atoms with van der Waals surface area (Å²) < 4.78 is 16.7. The Labute approximate surface area is 116 Å². The van der Waals surface area contributed by atoms with Crippen LogP contribution < -0.4 is 4.74 Å². The molecule has 0 saturated carbocycles. The van der Waals surface area contributed by atoms with Gasteiger partial charge in [0.25, 0.3) is 0 Å². The first-order valence-corrected chi connectivity index (χ1v) is 7.87. The molecule has 0 spiro atoms. The van der Waals surface area contributed by atoms with Gasteiger partial charge in [0.05, 0.1) is 7.11 Å². The van der Waals surface area contributed by atoms with Crippen LogP contribution >= 0.6 is 0 Å². The molecule has 0 fully saturated rings. The third-order valence-corrected chi connectivity index (χ3v) is 3.74. The van der Waals surface area contributed by atoms with Crippen molar-refractivity contribution in [3.05, 3.63) is 53.6 Å². The fourth-order valence-corrected chi connectivity index (χ4v) is 2.68. The Morgan fingerprint density at radius 2 is 1.79 bits per heavy atom. The zero-order valence-corrected chi connectivity index (χ0v) is 12.3. The van der Waals surface area contributed by atoms with Crippen molar-refractivity contribution < 1.29 is 8.95 Å². The first-order chi connectivity index (χ1) is 9.10. The molecule has 19 heavy (non-hydrogen) atoms. The molecule has 0 saturated heterocycles. The molecule has 3 heteroatoms. The number of aryl methyl sites for hydroxylation is 1. The Kier molecular flexibility index (Phi) is 4.38. The van der Waals surface area contributed by atoms with E-state index < -0.39 is 10.8 Å². The van der Waals surface area contributed by atoms with Gasteiger partial charge in [-0.3, -0.25) is 4.21 Å². The molecule has 2 aromatic carbocycles. The van der Waals surface area contributed by atoms with Crippen molar-refractivity contribution in [2.45, 2.75) is 12.7 Å². The summed E-state index contributed by atoms with van der Waals surface area (Å²) >= 11 is 0. The largest absolute Gasteiger partial charge is 0.496 e. The van der Waals surface area contributed by atoms with Crippen LogP contribution in [0.25, 0.3) is 11.1 Å². The van der Waals surface area contributed by atoms with E-state index >= 15 is 0 Å². The summed E-state index contributed by atoms with van der Waals surface area (Å²) in [6.07, 6.45) is 1.71. The highest BCUT2D eigenvalue weighted by molar-refractivity contribution is 7.83. The number of methoxy groups -OCH3 is 1. The minimum Gasteiger partial charge on any atom is -0.496 e. The highest BCUT2D eigenvalue weighted by atomic mass is 32.2. The number of rotatable bonds is 4. The quantitative estimate of drug-likeness (QED) is 0.852. The highest BCUT2D eigenvalue weighted by Crippen LogP contribution is 2.31. The van der Waals surface area contributed by atoms with Crippen LogP contribution in [0.3, 0.4) is 0 Å². The standard InChI is InChI=1S/C16H18O2S/c1-12-4-7-14(8-5-12)15-9-6-13(11-19(3)17)10-16(15)18-2/h4-10H,11H2,1-3H3. The molecular weight excluding hydrogens is 256 g/mol. The van der Waals surface area contributed by atoms with Crippen LogP contribution in [0, 0.1) is 6.92 Å². The minimum absolute atomic E-state index is 0.560. The zero-order chi connectivity index (χ0) is 13.8. The topological polar surface area (TPSA) is 26.3 Å².